The third-order valence-corrected chi connectivity index (χ3v) is 8.46. The first-order chi connectivity index (χ1) is 15.9. The van der Waals surface area contributed by atoms with Crippen LogP contribution in [0.4, 0.5) is 11.4 Å². The Morgan fingerprint density at radius 1 is 0.879 bits per heavy atom. The van der Waals surface area contributed by atoms with Crippen LogP contribution in [0.2, 0.25) is 0 Å². The van der Waals surface area contributed by atoms with Gasteiger partial charge in [-0.05, 0) is 60.0 Å². The molecule has 1 fully saturated rings. The van der Waals surface area contributed by atoms with Gasteiger partial charge in [-0.15, -0.1) is 11.3 Å². The number of benzene rings is 2. The molecule has 10 heteroatoms. The number of piperazine rings is 1. The van der Waals surface area contributed by atoms with Crippen molar-refractivity contribution in [2.24, 2.45) is 0 Å². The lowest BCUT2D eigenvalue weighted by molar-refractivity contribution is 0.102. The van der Waals surface area contributed by atoms with Crippen molar-refractivity contribution >= 4 is 38.6 Å². The Balaban J connectivity index is 1.45. The van der Waals surface area contributed by atoms with Gasteiger partial charge >= 0.3 is 0 Å². The Morgan fingerprint density at radius 2 is 1.45 bits per heavy atom. The number of thiophene rings is 1. The quantitative estimate of drug-likeness (QED) is 0.549. The second kappa shape index (κ2) is 9.82. The van der Waals surface area contributed by atoms with Gasteiger partial charge in [-0.1, -0.05) is 0 Å². The van der Waals surface area contributed by atoms with Gasteiger partial charge in [0.05, 0.1) is 14.2 Å². The Hall–Kier alpha value is -3.08. The molecule has 1 saturated heterocycles. The first-order valence-electron chi connectivity index (χ1n) is 10.3. The summed E-state index contributed by atoms with van der Waals surface area (Å²) in [5, 5.41) is 4.39. The summed E-state index contributed by atoms with van der Waals surface area (Å²) >= 11 is 1.11. The van der Waals surface area contributed by atoms with E-state index in [0.29, 0.717) is 37.6 Å². The van der Waals surface area contributed by atoms with Crippen LogP contribution < -0.4 is 19.7 Å². The zero-order valence-electron chi connectivity index (χ0n) is 18.4. The summed E-state index contributed by atoms with van der Waals surface area (Å²) in [6.45, 7) is 1.79. The molecule has 2 aromatic carbocycles. The number of hydrogen-bond donors (Lipinski definition) is 1. The molecule has 174 valence electrons. The van der Waals surface area contributed by atoms with E-state index in [0.717, 1.165) is 22.8 Å². The highest BCUT2D eigenvalue weighted by Gasteiger charge is 2.32. The number of amides is 1. The number of nitrogens with one attached hydrogen (secondary N) is 1. The van der Waals surface area contributed by atoms with Gasteiger partial charge < -0.3 is 19.7 Å². The van der Waals surface area contributed by atoms with E-state index in [9.17, 15) is 13.2 Å². The number of methoxy groups -OCH3 is 2. The van der Waals surface area contributed by atoms with Gasteiger partial charge in [0.15, 0.2) is 0 Å². The van der Waals surface area contributed by atoms with Gasteiger partial charge in [-0.3, -0.25) is 4.79 Å². The predicted molar refractivity (Wildman–Crippen MR) is 129 cm³/mol. The SMILES string of the molecule is COc1ccc(NC(=O)c2sccc2S(=O)(=O)N2CCN(c3ccc(OC)cc3)CC2)cc1. The highest BCUT2D eigenvalue weighted by atomic mass is 32.2. The Kier molecular flexibility index (Phi) is 6.87. The largest absolute Gasteiger partial charge is 0.497 e. The van der Waals surface area contributed by atoms with Crippen molar-refractivity contribution in [3.05, 3.63) is 64.9 Å². The molecule has 1 amide bonds. The van der Waals surface area contributed by atoms with Crippen LogP contribution in [-0.2, 0) is 10.0 Å². The molecule has 0 saturated carbocycles. The zero-order valence-corrected chi connectivity index (χ0v) is 20.0. The van der Waals surface area contributed by atoms with Crippen LogP contribution in [0.1, 0.15) is 9.67 Å². The minimum Gasteiger partial charge on any atom is -0.497 e. The summed E-state index contributed by atoms with van der Waals surface area (Å²) in [7, 11) is -0.615. The average molecular weight is 488 g/mol. The van der Waals surface area contributed by atoms with E-state index in [1.165, 1.54) is 10.4 Å². The van der Waals surface area contributed by atoms with Gasteiger partial charge in [0.2, 0.25) is 10.0 Å². The molecule has 0 aliphatic carbocycles. The molecule has 1 N–H and O–H groups in total. The van der Waals surface area contributed by atoms with Crippen LogP contribution in [0, 0.1) is 0 Å². The number of nitrogens with zero attached hydrogens (tertiary/aromatic N) is 2. The molecule has 0 bridgehead atoms. The molecule has 4 rings (SSSR count). The van der Waals surface area contributed by atoms with Crippen molar-refractivity contribution in [3.8, 4) is 11.5 Å². The van der Waals surface area contributed by atoms with Crippen molar-refractivity contribution in [2.75, 3.05) is 50.6 Å². The van der Waals surface area contributed by atoms with Gasteiger partial charge in [-0.2, -0.15) is 4.31 Å². The van der Waals surface area contributed by atoms with Crippen molar-refractivity contribution < 1.29 is 22.7 Å². The second-order valence-corrected chi connectivity index (χ2v) is 10.2. The third-order valence-electron chi connectivity index (χ3n) is 5.48. The Labute approximate surface area is 197 Å². The van der Waals surface area contributed by atoms with Crippen LogP contribution in [0.15, 0.2) is 64.9 Å². The molecular weight excluding hydrogens is 462 g/mol. The fourth-order valence-electron chi connectivity index (χ4n) is 3.65. The molecule has 2 heterocycles. The summed E-state index contributed by atoms with van der Waals surface area (Å²) in [6, 6.07) is 16.1. The molecule has 0 atom stereocenters. The number of ether oxygens (including phenoxy) is 2. The number of carbonyl (C=O) groups excluding carboxylic acids is 1. The van der Waals surface area contributed by atoms with Crippen LogP contribution in [-0.4, -0.2) is 59.0 Å². The molecule has 3 aromatic rings. The van der Waals surface area contributed by atoms with Crippen LogP contribution in [0.25, 0.3) is 0 Å². The van der Waals surface area contributed by atoms with E-state index in [1.807, 2.05) is 24.3 Å². The molecule has 1 aliphatic heterocycles. The predicted octanol–water partition coefficient (Wildman–Crippen LogP) is 3.53. The van der Waals surface area contributed by atoms with Gasteiger partial charge in [0, 0.05) is 37.6 Å². The minimum atomic E-state index is -3.80. The van der Waals surface area contributed by atoms with Crippen LogP contribution >= 0.6 is 11.3 Å². The monoisotopic (exact) mass is 487 g/mol. The standard InChI is InChI=1S/C23H25N3O5S2/c1-30-19-7-3-17(4-8-19)24-23(27)22-21(11-16-32-22)33(28,29)26-14-12-25(13-15-26)18-5-9-20(31-2)10-6-18/h3-11,16H,12-15H2,1-2H3,(H,24,27). The van der Waals surface area contributed by atoms with Crippen LogP contribution in [0.5, 0.6) is 11.5 Å². The number of carbonyl (C=O) groups is 1. The van der Waals surface area contributed by atoms with E-state index >= 15 is 0 Å². The number of rotatable bonds is 7. The molecule has 0 unspecified atom stereocenters. The van der Waals surface area contributed by atoms with Crippen LogP contribution in [0.3, 0.4) is 0 Å². The summed E-state index contributed by atoms with van der Waals surface area (Å²) in [5.74, 6) is 0.990. The van der Waals surface area contributed by atoms with E-state index in [2.05, 4.69) is 10.2 Å². The fraction of sp³-hybridized carbons (Fsp3) is 0.261. The first-order valence-corrected chi connectivity index (χ1v) is 12.7. The van der Waals surface area contributed by atoms with Crippen molar-refractivity contribution in [2.45, 2.75) is 4.90 Å². The number of hydrogen-bond acceptors (Lipinski definition) is 7. The number of sulfonamides is 1. The maximum Gasteiger partial charge on any atom is 0.267 e. The van der Waals surface area contributed by atoms with Gasteiger partial charge in [-0.25, -0.2) is 8.42 Å². The molecule has 1 aliphatic rings. The summed E-state index contributed by atoms with van der Waals surface area (Å²) in [4.78, 5) is 15.2. The summed E-state index contributed by atoms with van der Waals surface area (Å²) in [6.07, 6.45) is 0. The maximum atomic E-state index is 13.3. The van der Waals surface area contributed by atoms with Gasteiger partial charge in [0.25, 0.3) is 5.91 Å². The van der Waals surface area contributed by atoms with E-state index in [1.54, 1.807) is 43.9 Å². The second-order valence-electron chi connectivity index (χ2n) is 7.39. The summed E-state index contributed by atoms with van der Waals surface area (Å²) < 4.78 is 38.4. The fourth-order valence-corrected chi connectivity index (χ4v) is 6.37. The number of anilines is 2. The lowest BCUT2D eigenvalue weighted by atomic mass is 10.2. The zero-order chi connectivity index (χ0) is 23.4. The Morgan fingerprint density at radius 3 is 2.03 bits per heavy atom. The van der Waals surface area contributed by atoms with Crippen molar-refractivity contribution in [1.82, 2.24) is 4.31 Å². The van der Waals surface area contributed by atoms with Gasteiger partial charge in [0.1, 0.15) is 21.3 Å². The Bertz CT molecular complexity index is 1200. The topological polar surface area (TPSA) is 88.2 Å². The smallest absolute Gasteiger partial charge is 0.267 e. The molecule has 8 nitrogen and oxygen atoms in total. The minimum absolute atomic E-state index is 0.0383. The lowest BCUT2D eigenvalue weighted by Gasteiger charge is -2.35. The third kappa shape index (κ3) is 4.97. The van der Waals surface area contributed by atoms with E-state index in [-0.39, 0.29) is 9.77 Å². The molecule has 1 aromatic heterocycles. The summed E-state index contributed by atoms with van der Waals surface area (Å²) in [5.41, 5.74) is 1.58. The maximum absolute atomic E-state index is 13.3. The molecule has 33 heavy (non-hydrogen) atoms. The van der Waals surface area contributed by atoms with E-state index < -0.39 is 15.9 Å². The normalized spacial score (nSPS) is 14.7. The van der Waals surface area contributed by atoms with Crippen molar-refractivity contribution in [3.63, 3.8) is 0 Å². The molecule has 0 spiro atoms. The van der Waals surface area contributed by atoms with E-state index in [4.69, 9.17) is 9.47 Å². The molecular formula is C23H25N3O5S2. The highest BCUT2D eigenvalue weighted by molar-refractivity contribution is 7.89. The van der Waals surface area contributed by atoms with Crippen molar-refractivity contribution in [1.29, 1.82) is 0 Å². The molecule has 0 radical (unpaired) electrons. The lowest BCUT2D eigenvalue weighted by Crippen LogP contribution is -2.48. The average Bonchev–Trinajstić information content (AvgIpc) is 3.36. The highest BCUT2D eigenvalue weighted by Crippen LogP contribution is 2.28. The first kappa shape index (κ1) is 23.1.